The first-order valence-electron chi connectivity index (χ1n) is 23.0. The summed E-state index contributed by atoms with van der Waals surface area (Å²) in [4.78, 5) is 3.45. The first-order valence-corrected chi connectivity index (χ1v) is 23.0. The maximum atomic E-state index is 9.70. The van der Waals surface area contributed by atoms with Crippen LogP contribution in [0.4, 0.5) is 0 Å². The Kier molecular flexibility index (Phi) is 39.8. The van der Waals surface area contributed by atoms with Gasteiger partial charge in [-0.1, -0.05) is 205 Å². The second-order valence-corrected chi connectivity index (χ2v) is 15.8. The van der Waals surface area contributed by atoms with Crippen molar-refractivity contribution in [2.45, 2.75) is 220 Å². The molecule has 2 nitrogen and oxygen atoms in total. The van der Waals surface area contributed by atoms with E-state index in [4.69, 9.17) is 0 Å². The summed E-state index contributed by atoms with van der Waals surface area (Å²) in [5.74, 6) is 10.1. The number of hydrogen-bond donors (Lipinski definition) is 0. The van der Waals surface area contributed by atoms with E-state index in [0.717, 1.165) is 69.8 Å². The monoisotopic (exact) mass is 821 g/mol. The van der Waals surface area contributed by atoms with Gasteiger partial charge in [0.05, 0.1) is 5.57 Å². The number of rotatable bonds is 32. The Morgan fingerprint density at radius 2 is 0.982 bits per heavy atom. The molecular weight excluding hydrogens is 735 g/mol. The standard InChI is InChI=1S/C52H80N2.2CH3.Ni/c1-5-9-13-14-15-16-17-18-19-20-21-22-23-24-25-26-27-28-29-30-31-32-37-47-38-33-34-40-50(47)52(48-43-41-46(42-44-48)35-10-6-2)51(39-12-8-4)49(45-54-53)36-11-7-3;;;/h33-34,38,40-44H,5-29,32,35-37,39H2,1-4H3;2*1H3;/q;2*-1;+2. The summed E-state index contributed by atoms with van der Waals surface area (Å²) in [6, 6.07) is 18.2. The quantitative estimate of drug-likeness (QED) is 0.0103. The van der Waals surface area contributed by atoms with E-state index in [9.17, 15) is 5.53 Å². The minimum absolute atomic E-state index is 0. The molecule has 0 unspecified atom stereocenters. The van der Waals surface area contributed by atoms with E-state index in [2.05, 4.69) is 98.7 Å². The first kappa shape index (κ1) is 56.5. The first-order chi connectivity index (χ1) is 26.7. The summed E-state index contributed by atoms with van der Waals surface area (Å²) >= 11 is 0. The average molecular weight is 822 g/mol. The van der Waals surface area contributed by atoms with Gasteiger partial charge < -0.3 is 20.4 Å². The van der Waals surface area contributed by atoms with Gasteiger partial charge in [-0.15, -0.1) is 16.6 Å². The fourth-order valence-electron chi connectivity index (χ4n) is 7.65. The molecule has 0 aliphatic rings. The zero-order valence-electron chi connectivity index (χ0n) is 38.0. The average Bonchev–Trinajstić information content (AvgIpc) is 3.20. The fraction of sp³-hybridized carbons (Fsp3) is 0.630. The SMILES string of the molecule is CCCCCCCCCCCCCCCCCCCCC#CCCc1ccccc1C(=C(CCCC)C(=C=[N+]=[N-])CCCC)c1ccc(CCCC)cc1.[CH3-].[CH3-].[Ni+2]. The molecule has 0 heterocycles. The minimum Gasteiger partial charge on any atom is -0.358 e. The van der Waals surface area contributed by atoms with Crippen LogP contribution in [0.3, 0.4) is 0 Å². The molecule has 0 aromatic heterocycles. The Morgan fingerprint density at radius 3 is 1.51 bits per heavy atom. The van der Waals surface area contributed by atoms with E-state index < -0.39 is 0 Å². The van der Waals surface area contributed by atoms with Crippen molar-refractivity contribution in [3.8, 4) is 11.8 Å². The summed E-state index contributed by atoms with van der Waals surface area (Å²) in [7, 11) is 0. The van der Waals surface area contributed by atoms with Crippen molar-refractivity contribution in [1.29, 1.82) is 0 Å². The molecule has 0 saturated carbocycles. The van der Waals surface area contributed by atoms with Crippen LogP contribution in [-0.4, -0.2) is 10.7 Å². The topological polar surface area (TPSA) is 36.4 Å². The molecule has 0 saturated heterocycles. The Hall–Kier alpha value is -2.61. The number of hydrogen-bond acceptors (Lipinski definition) is 0. The molecule has 0 radical (unpaired) electrons. The van der Waals surface area contributed by atoms with Crippen LogP contribution >= 0.6 is 0 Å². The van der Waals surface area contributed by atoms with Crippen molar-refractivity contribution in [1.82, 2.24) is 0 Å². The summed E-state index contributed by atoms with van der Waals surface area (Å²) < 4.78 is 0. The van der Waals surface area contributed by atoms with E-state index in [0.29, 0.717) is 0 Å². The van der Waals surface area contributed by atoms with Crippen molar-refractivity contribution >= 4 is 11.4 Å². The number of nitrogens with zero attached hydrogens (tertiary/aromatic N) is 2. The van der Waals surface area contributed by atoms with Crippen molar-refractivity contribution in [3.05, 3.63) is 102 Å². The largest absolute Gasteiger partial charge is 2.00 e. The van der Waals surface area contributed by atoms with E-state index in [1.54, 1.807) is 0 Å². The van der Waals surface area contributed by atoms with Gasteiger partial charge in [-0.05, 0) is 84.8 Å². The van der Waals surface area contributed by atoms with E-state index in [-0.39, 0.29) is 31.3 Å². The molecule has 2 aromatic rings. The van der Waals surface area contributed by atoms with E-state index >= 15 is 0 Å². The van der Waals surface area contributed by atoms with Gasteiger partial charge in [0.1, 0.15) is 0 Å². The summed E-state index contributed by atoms with van der Waals surface area (Å²) in [5, 5.41) is 0. The second kappa shape index (κ2) is 40.2. The molecule has 2 aromatic carbocycles. The Balaban J connectivity index is 0. The van der Waals surface area contributed by atoms with Crippen LogP contribution in [0.25, 0.3) is 11.1 Å². The van der Waals surface area contributed by atoms with Crippen molar-refractivity contribution in [2.75, 3.05) is 0 Å². The molecule has 3 heteroatoms. The smallest absolute Gasteiger partial charge is 0.358 e. The molecule has 2 rings (SSSR count). The van der Waals surface area contributed by atoms with Gasteiger partial charge in [0, 0.05) is 12.8 Å². The molecule has 0 spiro atoms. The zero-order chi connectivity index (χ0) is 38.7. The van der Waals surface area contributed by atoms with Gasteiger partial charge in [0.15, 0.2) is 0 Å². The van der Waals surface area contributed by atoms with Crippen LogP contribution in [0.15, 0.2) is 59.7 Å². The Labute approximate surface area is 365 Å². The number of aryl methyl sites for hydroxylation is 2. The molecule has 0 amide bonds. The van der Waals surface area contributed by atoms with Crippen LogP contribution in [0, 0.1) is 26.7 Å². The third-order valence-corrected chi connectivity index (χ3v) is 11.1. The third-order valence-electron chi connectivity index (χ3n) is 11.1. The van der Waals surface area contributed by atoms with E-state index in [1.165, 1.54) is 162 Å². The van der Waals surface area contributed by atoms with Crippen molar-refractivity contribution in [2.24, 2.45) is 0 Å². The van der Waals surface area contributed by atoms with E-state index in [1.807, 2.05) is 0 Å². The maximum absolute atomic E-state index is 9.70. The molecule has 0 N–H and O–H groups in total. The van der Waals surface area contributed by atoms with Gasteiger partial charge >= 0.3 is 22.4 Å². The number of benzene rings is 2. The maximum Gasteiger partial charge on any atom is 2.00 e. The number of allylic oxidation sites excluding steroid dienone is 2. The normalized spacial score (nSPS) is 10.8. The molecule has 0 fully saturated rings. The predicted molar refractivity (Wildman–Crippen MR) is 251 cm³/mol. The van der Waals surface area contributed by atoms with Crippen molar-refractivity contribution in [3.63, 3.8) is 0 Å². The molecular formula is C54H86N2Ni. The van der Waals surface area contributed by atoms with Crippen LogP contribution < -0.4 is 0 Å². The zero-order valence-corrected chi connectivity index (χ0v) is 39.0. The summed E-state index contributed by atoms with van der Waals surface area (Å²) in [6.07, 6.45) is 37.9. The Bertz CT molecular complexity index is 1410. The third kappa shape index (κ3) is 26.2. The van der Waals surface area contributed by atoms with Crippen LogP contribution in [0.1, 0.15) is 230 Å². The second-order valence-electron chi connectivity index (χ2n) is 15.8. The number of unbranched alkanes of at least 4 members (excludes halogenated alkanes) is 21. The van der Waals surface area contributed by atoms with Crippen LogP contribution in [0.2, 0.25) is 0 Å². The van der Waals surface area contributed by atoms with Gasteiger partial charge in [0.25, 0.3) is 0 Å². The van der Waals surface area contributed by atoms with Crippen LogP contribution in [-0.2, 0) is 29.3 Å². The van der Waals surface area contributed by atoms with Crippen molar-refractivity contribution < 1.29 is 21.3 Å². The molecule has 57 heavy (non-hydrogen) atoms. The summed E-state index contributed by atoms with van der Waals surface area (Å²) in [6.45, 7) is 9.03. The molecule has 0 atom stereocenters. The summed E-state index contributed by atoms with van der Waals surface area (Å²) in [5.41, 5.74) is 18.5. The molecule has 322 valence electrons. The van der Waals surface area contributed by atoms with Gasteiger partial charge in [-0.3, -0.25) is 0 Å². The fourth-order valence-corrected chi connectivity index (χ4v) is 7.65. The minimum atomic E-state index is 0. The van der Waals surface area contributed by atoms with Gasteiger partial charge in [-0.2, -0.15) is 0 Å². The van der Waals surface area contributed by atoms with Crippen LogP contribution in [0.5, 0.6) is 0 Å². The van der Waals surface area contributed by atoms with Gasteiger partial charge in [-0.25, -0.2) is 0 Å². The Morgan fingerprint density at radius 1 is 0.509 bits per heavy atom. The molecule has 0 bridgehead atoms. The predicted octanol–water partition coefficient (Wildman–Crippen LogP) is 17.3. The molecule has 0 aliphatic carbocycles. The van der Waals surface area contributed by atoms with Gasteiger partial charge in [0.2, 0.25) is 0 Å². The molecule has 0 aliphatic heterocycles.